The summed E-state index contributed by atoms with van der Waals surface area (Å²) in [4.78, 5) is 60.6. The Morgan fingerprint density at radius 1 is 0.667 bits per heavy atom. The second kappa shape index (κ2) is 7.66. The van der Waals surface area contributed by atoms with Crippen LogP contribution in [0, 0.1) is 34.5 Å². The summed E-state index contributed by atoms with van der Waals surface area (Å²) in [7, 11) is 0. The standard InChI is InChI=1S/C18H26O9/c1-8(12(19)20)17(9(2)13(21)22)6-5-7-18(16(17)27,10(3)14(23)24)11(4)15(25)26/h8-11H,5-7H2,1-4H3,(H,19,20)(H,21,22)(H,23,24)(H,25,26). The highest BCUT2D eigenvalue weighted by Gasteiger charge is 2.65. The van der Waals surface area contributed by atoms with Crippen LogP contribution in [-0.2, 0) is 24.0 Å². The lowest BCUT2D eigenvalue weighted by Crippen LogP contribution is -2.62. The summed E-state index contributed by atoms with van der Waals surface area (Å²) < 4.78 is 0. The van der Waals surface area contributed by atoms with Gasteiger partial charge in [-0.05, 0) is 12.8 Å². The average Bonchev–Trinajstić information content (AvgIpc) is 2.59. The van der Waals surface area contributed by atoms with Crippen molar-refractivity contribution in [2.45, 2.75) is 47.0 Å². The van der Waals surface area contributed by atoms with Crippen LogP contribution in [0.1, 0.15) is 47.0 Å². The maximum absolute atomic E-state index is 13.7. The van der Waals surface area contributed by atoms with Crippen LogP contribution in [0.25, 0.3) is 0 Å². The highest BCUT2D eigenvalue weighted by molar-refractivity contribution is 6.02. The maximum atomic E-state index is 13.7. The number of hydrogen-bond acceptors (Lipinski definition) is 5. The van der Waals surface area contributed by atoms with E-state index < -0.39 is 64.2 Å². The molecule has 4 atom stereocenters. The average molecular weight is 386 g/mol. The molecule has 0 aromatic heterocycles. The molecule has 1 saturated carbocycles. The van der Waals surface area contributed by atoms with Gasteiger partial charge in [-0.1, -0.05) is 34.1 Å². The van der Waals surface area contributed by atoms with Gasteiger partial charge in [0.1, 0.15) is 5.78 Å². The van der Waals surface area contributed by atoms with Crippen LogP contribution in [-0.4, -0.2) is 50.1 Å². The number of Topliss-reactive ketones (excluding diaryl/α,β-unsaturated/α-hetero) is 1. The minimum absolute atomic E-state index is 0.0623. The van der Waals surface area contributed by atoms with Crippen molar-refractivity contribution in [1.82, 2.24) is 0 Å². The van der Waals surface area contributed by atoms with E-state index in [0.29, 0.717) is 0 Å². The lowest BCUT2D eigenvalue weighted by atomic mass is 9.47. The van der Waals surface area contributed by atoms with Crippen molar-refractivity contribution in [2.75, 3.05) is 0 Å². The van der Waals surface area contributed by atoms with Crippen molar-refractivity contribution in [2.24, 2.45) is 34.5 Å². The van der Waals surface area contributed by atoms with Gasteiger partial charge in [-0.15, -0.1) is 0 Å². The molecule has 1 aliphatic carbocycles. The summed E-state index contributed by atoms with van der Waals surface area (Å²) in [6.45, 7) is 4.86. The highest BCUT2D eigenvalue weighted by Crippen LogP contribution is 2.57. The molecule has 0 aliphatic heterocycles. The van der Waals surface area contributed by atoms with Gasteiger partial charge in [0.2, 0.25) is 0 Å². The number of aliphatic carboxylic acids is 4. The minimum atomic E-state index is -1.90. The van der Waals surface area contributed by atoms with Crippen LogP contribution in [0.4, 0.5) is 0 Å². The molecule has 0 aromatic rings. The molecule has 0 spiro atoms. The van der Waals surface area contributed by atoms with E-state index in [4.69, 9.17) is 0 Å². The molecular weight excluding hydrogens is 360 g/mol. The zero-order valence-corrected chi connectivity index (χ0v) is 15.8. The largest absolute Gasteiger partial charge is 0.481 e. The third-order valence-corrected chi connectivity index (χ3v) is 6.60. The molecule has 152 valence electrons. The van der Waals surface area contributed by atoms with Crippen molar-refractivity contribution in [3.05, 3.63) is 0 Å². The third-order valence-electron chi connectivity index (χ3n) is 6.60. The minimum Gasteiger partial charge on any atom is -0.481 e. The molecule has 0 radical (unpaired) electrons. The van der Waals surface area contributed by atoms with Crippen LogP contribution >= 0.6 is 0 Å². The second-order valence-electron chi connectivity index (χ2n) is 7.50. The fourth-order valence-corrected chi connectivity index (χ4v) is 4.62. The Kier molecular flexibility index (Phi) is 6.41. The van der Waals surface area contributed by atoms with Crippen LogP contribution in [0.5, 0.6) is 0 Å². The Labute approximate surface area is 156 Å². The van der Waals surface area contributed by atoms with Gasteiger partial charge in [0.15, 0.2) is 0 Å². The van der Waals surface area contributed by atoms with Gasteiger partial charge < -0.3 is 20.4 Å². The number of carboxylic acid groups (broad SMARTS) is 4. The number of carbonyl (C=O) groups is 5. The maximum Gasteiger partial charge on any atom is 0.307 e. The fourth-order valence-electron chi connectivity index (χ4n) is 4.62. The van der Waals surface area contributed by atoms with Gasteiger partial charge in [0.05, 0.1) is 34.5 Å². The number of carboxylic acids is 4. The van der Waals surface area contributed by atoms with Crippen molar-refractivity contribution in [1.29, 1.82) is 0 Å². The zero-order chi connectivity index (χ0) is 21.3. The molecule has 9 heteroatoms. The lowest BCUT2D eigenvalue weighted by Gasteiger charge is -2.52. The topological polar surface area (TPSA) is 166 Å². The quantitative estimate of drug-likeness (QED) is 0.484. The van der Waals surface area contributed by atoms with Gasteiger partial charge in [-0.3, -0.25) is 24.0 Å². The Bertz CT molecular complexity index is 572. The van der Waals surface area contributed by atoms with E-state index in [-0.39, 0.29) is 19.3 Å². The summed E-state index contributed by atoms with van der Waals surface area (Å²) in [5.74, 6) is -12.1. The monoisotopic (exact) mass is 386 g/mol. The normalized spacial score (nSPS) is 30.0. The molecular formula is C18H26O9. The summed E-state index contributed by atoms with van der Waals surface area (Å²) >= 11 is 0. The number of hydrogen-bond donors (Lipinski definition) is 4. The Morgan fingerprint density at radius 2 is 0.889 bits per heavy atom. The van der Waals surface area contributed by atoms with E-state index in [2.05, 4.69) is 0 Å². The smallest absolute Gasteiger partial charge is 0.307 e. The van der Waals surface area contributed by atoms with Crippen molar-refractivity contribution < 1.29 is 44.4 Å². The highest BCUT2D eigenvalue weighted by atomic mass is 16.4. The van der Waals surface area contributed by atoms with E-state index in [1.165, 1.54) is 27.7 Å². The van der Waals surface area contributed by atoms with E-state index in [1.807, 2.05) is 0 Å². The first-order chi connectivity index (χ1) is 12.3. The predicted octanol–water partition coefficient (Wildman–Crippen LogP) is 1.59. The second-order valence-corrected chi connectivity index (χ2v) is 7.50. The van der Waals surface area contributed by atoms with Gasteiger partial charge in [0, 0.05) is 0 Å². The zero-order valence-electron chi connectivity index (χ0n) is 15.8. The lowest BCUT2D eigenvalue weighted by molar-refractivity contribution is -0.182. The SMILES string of the molecule is CC(C(=O)O)C1(C(C)C(=O)O)CCCC(C(C)C(=O)O)(C(C)C(=O)O)C1=O. The van der Waals surface area contributed by atoms with E-state index >= 15 is 0 Å². The number of carbonyl (C=O) groups excluding carboxylic acids is 1. The third kappa shape index (κ3) is 3.30. The molecule has 0 saturated heterocycles. The predicted molar refractivity (Wildman–Crippen MR) is 90.9 cm³/mol. The Hall–Kier alpha value is -2.45. The number of ketones is 1. The molecule has 1 aliphatic rings. The van der Waals surface area contributed by atoms with Gasteiger partial charge in [-0.2, -0.15) is 0 Å². The molecule has 0 amide bonds. The van der Waals surface area contributed by atoms with Crippen LogP contribution in [0.3, 0.4) is 0 Å². The Morgan fingerprint density at radius 3 is 1.07 bits per heavy atom. The molecule has 1 fully saturated rings. The molecule has 4 unspecified atom stereocenters. The number of rotatable bonds is 8. The molecule has 27 heavy (non-hydrogen) atoms. The van der Waals surface area contributed by atoms with Gasteiger partial charge >= 0.3 is 23.9 Å². The summed E-state index contributed by atoms with van der Waals surface area (Å²) in [5.41, 5.74) is -3.80. The van der Waals surface area contributed by atoms with Crippen molar-refractivity contribution >= 4 is 29.7 Å². The molecule has 0 heterocycles. The summed E-state index contributed by atoms with van der Waals surface area (Å²) in [6.07, 6.45) is 0.0244. The van der Waals surface area contributed by atoms with Crippen LogP contribution in [0.2, 0.25) is 0 Å². The Balaban J connectivity index is 3.82. The molecule has 0 aromatic carbocycles. The molecule has 1 rings (SSSR count). The fraction of sp³-hybridized carbons (Fsp3) is 0.722. The van der Waals surface area contributed by atoms with E-state index in [1.54, 1.807) is 0 Å². The van der Waals surface area contributed by atoms with Gasteiger partial charge in [-0.25, -0.2) is 0 Å². The van der Waals surface area contributed by atoms with Crippen molar-refractivity contribution in [3.8, 4) is 0 Å². The van der Waals surface area contributed by atoms with E-state index in [0.717, 1.165) is 0 Å². The summed E-state index contributed by atoms with van der Waals surface area (Å²) in [5, 5.41) is 38.1. The summed E-state index contributed by atoms with van der Waals surface area (Å²) in [6, 6.07) is 0. The van der Waals surface area contributed by atoms with Crippen LogP contribution < -0.4 is 0 Å². The first kappa shape index (κ1) is 22.6. The molecule has 0 bridgehead atoms. The van der Waals surface area contributed by atoms with Gasteiger partial charge in [0.25, 0.3) is 0 Å². The van der Waals surface area contributed by atoms with Crippen LogP contribution in [0.15, 0.2) is 0 Å². The first-order valence-corrected chi connectivity index (χ1v) is 8.74. The first-order valence-electron chi connectivity index (χ1n) is 8.74. The van der Waals surface area contributed by atoms with Crippen molar-refractivity contribution in [3.63, 3.8) is 0 Å². The van der Waals surface area contributed by atoms with E-state index in [9.17, 15) is 44.4 Å². The molecule has 9 nitrogen and oxygen atoms in total. The molecule has 4 N–H and O–H groups in total.